The highest BCUT2D eigenvalue weighted by Crippen LogP contribution is 2.25. The number of primary amides is 1. The van der Waals surface area contributed by atoms with Crippen molar-refractivity contribution in [1.82, 2.24) is 9.97 Å². The summed E-state index contributed by atoms with van der Waals surface area (Å²) >= 11 is 0. The van der Waals surface area contributed by atoms with Crippen LogP contribution in [0.2, 0.25) is 0 Å². The van der Waals surface area contributed by atoms with Crippen molar-refractivity contribution in [3.05, 3.63) is 11.8 Å². The van der Waals surface area contributed by atoms with Crippen LogP contribution in [0.25, 0.3) is 0 Å². The molecule has 1 unspecified atom stereocenters. The van der Waals surface area contributed by atoms with E-state index in [2.05, 4.69) is 20.6 Å². The summed E-state index contributed by atoms with van der Waals surface area (Å²) in [5, 5.41) is 16.7. The molecule has 1 heterocycles. The second-order valence-corrected chi connectivity index (χ2v) is 7.28. The van der Waals surface area contributed by atoms with E-state index in [0.29, 0.717) is 17.9 Å². The molecule has 2 atom stereocenters. The Balaban J connectivity index is 1.70. The normalized spacial score (nSPS) is 29.2. The van der Waals surface area contributed by atoms with Crippen molar-refractivity contribution >= 4 is 17.7 Å². The monoisotopic (exact) mass is 363 g/mol. The number of hydrogen-bond acceptors (Lipinski definition) is 7. The maximum Gasteiger partial charge on any atom is 0.254 e. The molecule has 5 N–H and O–H groups in total. The van der Waals surface area contributed by atoms with Gasteiger partial charge in [-0.2, -0.15) is 4.98 Å². The molecule has 1 aromatic rings. The van der Waals surface area contributed by atoms with Crippen molar-refractivity contribution in [3.63, 3.8) is 0 Å². The van der Waals surface area contributed by atoms with E-state index < -0.39 is 12.0 Å². The molecule has 1 amide bonds. The summed E-state index contributed by atoms with van der Waals surface area (Å²) < 4.78 is 5.40. The minimum atomic E-state index is -0.579. The lowest BCUT2D eigenvalue weighted by Crippen LogP contribution is -2.37. The minimum Gasteiger partial charge on any atom is -0.391 e. The molecule has 0 bridgehead atoms. The molecular formula is C18H29N5O3. The number of aromatic nitrogens is 2. The van der Waals surface area contributed by atoms with Crippen LogP contribution < -0.4 is 16.4 Å². The van der Waals surface area contributed by atoms with Gasteiger partial charge in [0.1, 0.15) is 5.82 Å². The Bertz CT molecular complexity index is 619. The molecule has 2 aliphatic carbocycles. The number of anilines is 2. The lowest BCUT2D eigenvalue weighted by atomic mass is 9.92. The lowest BCUT2D eigenvalue weighted by Gasteiger charge is -2.30. The highest BCUT2D eigenvalue weighted by Gasteiger charge is 2.26. The van der Waals surface area contributed by atoms with Crippen molar-refractivity contribution in [1.29, 1.82) is 0 Å². The van der Waals surface area contributed by atoms with Crippen LogP contribution in [0.3, 0.4) is 0 Å². The number of hydrogen-bond donors (Lipinski definition) is 4. The third kappa shape index (κ3) is 4.62. The fourth-order valence-electron chi connectivity index (χ4n) is 3.82. The first-order valence-corrected chi connectivity index (χ1v) is 9.47. The van der Waals surface area contributed by atoms with E-state index in [1.807, 2.05) is 0 Å². The summed E-state index contributed by atoms with van der Waals surface area (Å²) in [5.74, 6) is 0.292. The number of nitrogens with two attached hydrogens (primary N) is 1. The van der Waals surface area contributed by atoms with Gasteiger partial charge in [-0.15, -0.1) is 0 Å². The molecule has 8 heteroatoms. The average molecular weight is 363 g/mol. The number of amides is 1. The first-order valence-electron chi connectivity index (χ1n) is 9.47. The lowest BCUT2D eigenvalue weighted by molar-refractivity contribution is 0.0681. The smallest absolute Gasteiger partial charge is 0.254 e. The molecule has 144 valence electrons. The van der Waals surface area contributed by atoms with Crippen LogP contribution in [0.5, 0.6) is 0 Å². The van der Waals surface area contributed by atoms with Gasteiger partial charge in [0.2, 0.25) is 5.95 Å². The van der Waals surface area contributed by atoms with Crippen LogP contribution in [-0.4, -0.2) is 52.4 Å². The van der Waals surface area contributed by atoms with Gasteiger partial charge in [0.05, 0.1) is 23.8 Å². The molecule has 26 heavy (non-hydrogen) atoms. The number of aliphatic hydroxyl groups excluding tert-OH is 1. The Hall–Kier alpha value is -1.93. The molecule has 2 aliphatic rings. The molecule has 0 aliphatic heterocycles. The first-order chi connectivity index (χ1) is 12.6. The Kier molecular flexibility index (Phi) is 6.26. The average Bonchev–Trinajstić information content (AvgIpc) is 2.64. The maximum absolute atomic E-state index is 11.7. The first kappa shape index (κ1) is 18.8. The summed E-state index contributed by atoms with van der Waals surface area (Å²) in [7, 11) is 1.75. The minimum absolute atomic E-state index is 0.123. The SMILES string of the molecule is COC1CCC(Nc2ncc(C(N)=O)c(N[C@@H]3CCCCC3O)n2)CC1. The molecule has 1 aromatic heterocycles. The molecule has 0 saturated heterocycles. The number of nitrogens with one attached hydrogen (secondary N) is 2. The second-order valence-electron chi connectivity index (χ2n) is 7.28. The van der Waals surface area contributed by atoms with Crippen molar-refractivity contribution in [2.45, 2.75) is 75.7 Å². The summed E-state index contributed by atoms with van der Waals surface area (Å²) in [5.41, 5.74) is 5.71. The third-order valence-corrected chi connectivity index (χ3v) is 5.45. The van der Waals surface area contributed by atoms with Crippen molar-refractivity contribution in [3.8, 4) is 0 Å². The standard InChI is InChI=1S/C18H29N5O3/c1-26-12-8-6-11(7-9-12)21-18-20-10-13(16(19)25)17(23-18)22-14-4-2-3-5-15(14)24/h10-12,14-15,24H,2-9H2,1H3,(H2,19,25)(H2,20,21,22,23)/t11?,12?,14-,15?/m1/s1. The molecule has 0 radical (unpaired) electrons. The van der Waals surface area contributed by atoms with Gasteiger partial charge in [0, 0.05) is 19.3 Å². The zero-order valence-corrected chi connectivity index (χ0v) is 15.3. The van der Waals surface area contributed by atoms with Crippen LogP contribution in [0.15, 0.2) is 6.20 Å². The molecule has 0 aromatic carbocycles. The molecule has 2 saturated carbocycles. The quantitative estimate of drug-likeness (QED) is 0.606. The van der Waals surface area contributed by atoms with E-state index in [-0.39, 0.29) is 17.6 Å². The number of ether oxygens (including phenoxy) is 1. The van der Waals surface area contributed by atoms with E-state index >= 15 is 0 Å². The Morgan fingerprint density at radius 1 is 1.19 bits per heavy atom. The maximum atomic E-state index is 11.7. The largest absolute Gasteiger partial charge is 0.391 e. The number of carbonyl (C=O) groups is 1. The van der Waals surface area contributed by atoms with E-state index in [0.717, 1.165) is 51.4 Å². The highest BCUT2D eigenvalue weighted by atomic mass is 16.5. The number of rotatable bonds is 6. The fourth-order valence-corrected chi connectivity index (χ4v) is 3.82. The predicted octanol–water partition coefficient (Wildman–Crippen LogP) is 1.66. The Morgan fingerprint density at radius 2 is 1.92 bits per heavy atom. The Labute approximate surface area is 153 Å². The summed E-state index contributed by atoms with van der Waals surface area (Å²) in [6.45, 7) is 0. The zero-order valence-electron chi connectivity index (χ0n) is 15.3. The highest BCUT2D eigenvalue weighted by molar-refractivity contribution is 5.97. The van der Waals surface area contributed by atoms with Crippen molar-refractivity contribution < 1.29 is 14.6 Å². The van der Waals surface area contributed by atoms with Gasteiger partial charge in [0.15, 0.2) is 0 Å². The molecule has 0 spiro atoms. The summed E-state index contributed by atoms with van der Waals surface area (Å²) in [4.78, 5) is 20.4. The van der Waals surface area contributed by atoms with Gasteiger partial charge < -0.3 is 26.2 Å². The fraction of sp³-hybridized carbons (Fsp3) is 0.722. The van der Waals surface area contributed by atoms with Crippen LogP contribution in [0.1, 0.15) is 61.7 Å². The van der Waals surface area contributed by atoms with Crippen LogP contribution in [-0.2, 0) is 4.74 Å². The summed E-state index contributed by atoms with van der Waals surface area (Å²) in [6, 6.07) is 0.163. The molecule has 8 nitrogen and oxygen atoms in total. The van der Waals surface area contributed by atoms with Gasteiger partial charge in [-0.1, -0.05) is 12.8 Å². The van der Waals surface area contributed by atoms with Gasteiger partial charge in [0.25, 0.3) is 5.91 Å². The molecular weight excluding hydrogens is 334 g/mol. The Morgan fingerprint density at radius 3 is 2.58 bits per heavy atom. The van der Waals surface area contributed by atoms with Gasteiger partial charge >= 0.3 is 0 Å². The van der Waals surface area contributed by atoms with Crippen molar-refractivity contribution in [2.75, 3.05) is 17.7 Å². The number of carbonyl (C=O) groups excluding carboxylic acids is 1. The zero-order chi connectivity index (χ0) is 18.5. The topological polar surface area (TPSA) is 122 Å². The van der Waals surface area contributed by atoms with Gasteiger partial charge in [-0.05, 0) is 38.5 Å². The number of aliphatic hydroxyl groups is 1. The van der Waals surface area contributed by atoms with E-state index in [9.17, 15) is 9.90 Å². The van der Waals surface area contributed by atoms with E-state index in [1.54, 1.807) is 7.11 Å². The molecule has 2 fully saturated rings. The second kappa shape index (κ2) is 8.64. The third-order valence-electron chi connectivity index (χ3n) is 5.45. The van der Waals surface area contributed by atoms with Crippen LogP contribution >= 0.6 is 0 Å². The van der Waals surface area contributed by atoms with Crippen molar-refractivity contribution in [2.24, 2.45) is 5.73 Å². The van der Waals surface area contributed by atoms with Crippen LogP contribution in [0, 0.1) is 0 Å². The number of nitrogens with zero attached hydrogens (tertiary/aromatic N) is 2. The van der Waals surface area contributed by atoms with Gasteiger partial charge in [-0.3, -0.25) is 4.79 Å². The molecule has 3 rings (SSSR count). The van der Waals surface area contributed by atoms with Gasteiger partial charge in [-0.25, -0.2) is 4.98 Å². The van der Waals surface area contributed by atoms with E-state index in [1.165, 1.54) is 6.20 Å². The predicted molar refractivity (Wildman–Crippen MR) is 99.1 cm³/mol. The van der Waals surface area contributed by atoms with Crippen LogP contribution in [0.4, 0.5) is 11.8 Å². The summed E-state index contributed by atoms with van der Waals surface area (Å²) in [6.07, 6.45) is 8.98. The number of methoxy groups -OCH3 is 1. The van der Waals surface area contributed by atoms with E-state index in [4.69, 9.17) is 10.5 Å².